The molecular weight excluding hydrogens is 844 g/mol. The minimum Gasteiger partial charge on any atom is -0.489 e. The van der Waals surface area contributed by atoms with Gasteiger partial charge in [0.2, 0.25) is 17.7 Å². The number of hydrogen-bond acceptors (Lipinski definition) is 15. The molecule has 0 unspecified atom stereocenters. The number of piperidine rings is 2. The fourth-order valence-electron chi connectivity index (χ4n) is 9.64. The number of nitrogens with two attached hydrogens (primary N) is 1. The molecule has 4 fully saturated rings. The van der Waals surface area contributed by atoms with E-state index in [1.54, 1.807) is 52.3 Å². The highest BCUT2D eigenvalue weighted by molar-refractivity contribution is 6.02. The number of anilines is 3. The van der Waals surface area contributed by atoms with Crippen molar-refractivity contribution in [2.24, 2.45) is 0 Å². The number of carbonyl (C=O) groups is 5. The number of aromatic nitrogens is 4. The molecule has 6 heterocycles. The molecule has 3 N–H and O–H groups in total. The number of carbonyl (C=O) groups excluding carboxylic acids is 5. The van der Waals surface area contributed by atoms with Crippen LogP contribution in [-0.4, -0.2) is 131 Å². The number of benzene rings is 2. The van der Waals surface area contributed by atoms with Gasteiger partial charge in [0.1, 0.15) is 29.8 Å². The smallest absolute Gasteiger partial charge is 0.349 e. The number of likely N-dealkylation sites (tertiary alicyclic amines) is 1. The Hall–Kier alpha value is -6.11. The van der Waals surface area contributed by atoms with E-state index in [9.17, 15) is 24.0 Å². The molecule has 338 valence electrons. The Bertz CT molecular complexity index is 2380. The molecule has 2 aromatic carbocycles. The zero-order valence-electron chi connectivity index (χ0n) is 35.6. The summed E-state index contributed by atoms with van der Waals surface area (Å²) in [6.07, 6.45) is 11.2. The monoisotopic (exact) mass is 896 g/mol. The molecule has 0 bridgehead atoms. The van der Waals surface area contributed by atoms with Crippen molar-refractivity contribution in [1.82, 2.24) is 35.1 Å². The van der Waals surface area contributed by atoms with Crippen LogP contribution in [0.25, 0.3) is 16.9 Å². The largest absolute Gasteiger partial charge is 0.489 e. The molecule has 4 aliphatic heterocycles. The van der Waals surface area contributed by atoms with E-state index < -0.39 is 24.6 Å². The Morgan fingerprint density at radius 1 is 0.875 bits per heavy atom. The first kappa shape index (κ1) is 44.5. The molecule has 4 aromatic rings. The zero-order chi connectivity index (χ0) is 43.5. The number of fused-ring (bicyclic) bond motifs is 1. The van der Waals surface area contributed by atoms with Crippen molar-refractivity contribution in [3.8, 4) is 28.4 Å². The summed E-state index contributed by atoms with van der Waals surface area (Å²) in [5.74, 6) is -0.228. The second-order valence-electron chi connectivity index (χ2n) is 16.8. The van der Waals surface area contributed by atoms with Gasteiger partial charge in [-0.1, -0.05) is 30.7 Å². The van der Waals surface area contributed by atoms with Crippen LogP contribution in [0.1, 0.15) is 69.3 Å². The van der Waals surface area contributed by atoms with Gasteiger partial charge >= 0.3 is 11.9 Å². The van der Waals surface area contributed by atoms with E-state index >= 15 is 0 Å². The van der Waals surface area contributed by atoms with Gasteiger partial charge in [-0.3, -0.25) is 34.3 Å². The van der Waals surface area contributed by atoms with E-state index in [2.05, 4.69) is 36.5 Å². The van der Waals surface area contributed by atoms with Gasteiger partial charge < -0.3 is 29.7 Å². The predicted molar refractivity (Wildman–Crippen MR) is 238 cm³/mol. The second-order valence-corrected chi connectivity index (χ2v) is 16.8. The van der Waals surface area contributed by atoms with Crippen LogP contribution in [0.2, 0.25) is 0 Å². The number of rotatable bonds is 11. The molecule has 18 nitrogen and oxygen atoms in total. The number of nitrogen functional groups attached to an aromatic ring is 1. The van der Waals surface area contributed by atoms with Crippen LogP contribution in [0.15, 0.2) is 60.9 Å². The first-order valence-corrected chi connectivity index (χ1v) is 22.0. The molecule has 0 radical (unpaired) electrons. The zero-order valence-corrected chi connectivity index (χ0v) is 36.4. The summed E-state index contributed by atoms with van der Waals surface area (Å²) in [5, 5.41) is 15.5. The molecule has 1 saturated carbocycles. The molecule has 1 atom stereocenters. The molecule has 64 heavy (non-hydrogen) atoms. The number of esters is 2. The Morgan fingerprint density at radius 3 is 2.48 bits per heavy atom. The maximum absolute atomic E-state index is 13.7. The van der Waals surface area contributed by atoms with Gasteiger partial charge in [-0.2, -0.15) is 5.10 Å². The van der Waals surface area contributed by atoms with Crippen molar-refractivity contribution < 1.29 is 38.2 Å². The van der Waals surface area contributed by atoms with E-state index in [-0.39, 0.29) is 54.3 Å². The fourth-order valence-corrected chi connectivity index (χ4v) is 9.64. The van der Waals surface area contributed by atoms with Crippen molar-refractivity contribution in [1.29, 1.82) is 0 Å². The SMILES string of the molecule is Cl.Nc1nnc(-c2ccccc2OC(=O)COC(=O)CN2CCCCC2)cc1-n1cc(N2CCN(C3CCC(c4cccc5c4OCCN5[C@H]4CCC(=O)NC4=O)CC3)CC2=O)cn1. The predicted octanol–water partition coefficient (Wildman–Crippen LogP) is 3.65. The van der Waals surface area contributed by atoms with Gasteiger partial charge in [-0.05, 0) is 93.8 Å². The molecule has 5 aliphatic rings. The van der Waals surface area contributed by atoms with Crippen LogP contribution in [0, 0.1) is 0 Å². The maximum atomic E-state index is 13.7. The van der Waals surface area contributed by atoms with Gasteiger partial charge in [0, 0.05) is 31.1 Å². The van der Waals surface area contributed by atoms with Crippen molar-refractivity contribution in [3.05, 3.63) is 66.5 Å². The lowest BCUT2D eigenvalue weighted by atomic mass is 9.80. The minimum atomic E-state index is -0.727. The topological polar surface area (TPSA) is 208 Å². The van der Waals surface area contributed by atoms with Gasteiger partial charge in [0.25, 0.3) is 0 Å². The fraction of sp³-hybridized carbons (Fsp3) is 0.467. The average molecular weight is 897 g/mol. The molecule has 9 rings (SSSR count). The summed E-state index contributed by atoms with van der Waals surface area (Å²) >= 11 is 0. The highest BCUT2D eigenvalue weighted by Gasteiger charge is 2.38. The number of amides is 3. The highest BCUT2D eigenvalue weighted by Crippen LogP contribution is 2.45. The molecular formula is C45H53ClN10O8. The van der Waals surface area contributed by atoms with Crippen LogP contribution in [0.4, 0.5) is 17.2 Å². The lowest BCUT2D eigenvalue weighted by molar-refractivity contribution is -0.154. The lowest BCUT2D eigenvalue weighted by Gasteiger charge is -2.42. The first-order valence-electron chi connectivity index (χ1n) is 22.0. The molecule has 1 aliphatic carbocycles. The quantitative estimate of drug-likeness (QED) is 0.125. The van der Waals surface area contributed by atoms with Crippen molar-refractivity contribution in [3.63, 3.8) is 0 Å². The normalized spacial score (nSPS) is 21.9. The van der Waals surface area contributed by atoms with E-state index in [1.807, 2.05) is 17.0 Å². The molecule has 2 aromatic heterocycles. The van der Waals surface area contributed by atoms with Crippen LogP contribution in [0.3, 0.4) is 0 Å². The summed E-state index contributed by atoms with van der Waals surface area (Å²) in [7, 11) is 0. The van der Waals surface area contributed by atoms with Crippen molar-refractivity contribution in [2.75, 3.05) is 74.6 Å². The average Bonchev–Trinajstić information content (AvgIpc) is 3.79. The first-order chi connectivity index (χ1) is 30.7. The van der Waals surface area contributed by atoms with Gasteiger partial charge in [0.15, 0.2) is 12.4 Å². The standard InChI is InChI=1S/C45H52N10O8.ClH/c46-44-37(23-34(49-50-44)33-7-2-3-10-38(33)63-42(59)28-62-41(58)27-51-17-4-1-5-18-51)55-25-31(24-47-55)53-20-19-52(26-40(53)57)30-13-11-29(12-14-30)32-8-6-9-35-43(32)61-22-21-54(35)36-15-16-39(56)48-45(36)60;/h2-3,6-10,23-25,29-30,36H,1,4-5,11-22,26-28H2,(H2,46,50)(H,48,56,60);1H/t29?,30?,36-;/m0./s1. The van der Waals surface area contributed by atoms with E-state index in [1.165, 1.54) is 0 Å². The third kappa shape index (κ3) is 9.68. The third-order valence-corrected chi connectivity index (χ3v) is 12.9. The van der Waals surface area contributed by atoms with E-state index in [0.29, 0.717) is 74.2 Å². The number of ether oxygens (including phenoxy) is 3. The number of nitrogens with zero attached hydrogens (tertiary/aromatic N) is 8. The molecule has 0 spiro atoms. The van der Waals surface area contributed by atoms with Gasteiger partial charge in [-0.15, -0.1) is 22.6 Å². The maximum Gasteiger partial charge on any atom is 0.349 e. The van der Waals surface area contributed by atoms with Crippen LogP contribution < -0.4 is 30.3 Å². The van der Waals surface area contributed by atoms with Gasteiger partial charge in [-0.25, -0.2) is 9.48 Å². The number of nitrogens with one attached hydrogen (secondary N) is 1. The molecule has 19 heteroatoms. The third-order valence-electron chi connectivity index (χ3n) is 12.9. The highest BCUT2D eigenvalue weighted by atomic mass is 35.5. The van der Waals surface area contributed by atoms with Crippen molar-refractivity contribution >= 4 is 59.3 Å². The Balaban J connectivity index is 0.00000560. The minimum absolute atomic E-state index is 0. The summed E-state index contributed by atoms with van der Waals surface area (Å²) in [6.45, 7) is 3.86. The summed E-state index contributed by atoms with van der Waals surface area (Å²) in [5.41, 5.74) is 10.3. The Morgan fingerprint density at radius 2 is 1.69 bits per heavy atom. The summed E-state index contributed by atoms with van der Waals surface area (Å²) < 4.78 is 18.6. The number of halogens is 1. The summed E-state index contributed by atoms with van der Waals surface area (Å²) in [4.78, 5) is 71.5. The summed E-state index contributed by atoms with van der Waals surface area (Å²) in [6, 6.07) is 14.6. The van der Waals surface area contributed by atoms with E-state index in [4.69, 9.17) is 19.9 Å². The number of hydrogen-bond donors (Lipinski definition) is 2. The van der Waals surface area contributed by atoms with Crippen LogP contribution >= 0.6 is 12.4 Å². The number of para-hydroxylation sites is 2. The Kier molecular flexibility index (Phi) is 13.7. The molecule has 3 amide bonds. The van der Waals surface area contributed by atoms with Crippen LogP contribution in [-0.2, 0) is 28.7 Å². The van der Waals surface area contributed by atoms with Gasteiger partial charge in [0.05, 0.1) is 49.1 Å². The Labute approximate surface area is 376 Å². The van der Waals surface area contributed by atoms with E-state index in [0.717, 1.165) is 75.0 Å². The lowest BCUT2D eigenvalue weighted by Crippen LogP contribution is -2.54. The van der Waals surface area contributed by atoms with Crippen LogP contribution in [0.5, 0.6) is 11.5 Å². The number of piperazine rings is 1. The molecule has 3 saturated heterocycles. The number of imide groups is 1. The second kappa shape index (κ2) is 19.7. The van der Waals surface area contributed by atoms with Crippen molar-refractivity contribution in [2.45, 2.75) is 75.8 Å².